The zero-order valence-electron chi connectivity index (χ0n) is 19.7. The molecule has 1 aromatic heterocycles. The van der Waals surface area contributed by atoms with Gasteiger partial charge in [-0.1, -0.05) is 35.8 Å². The summed E-state index contributed by atoms with van der Waals surface area (Å²) in [6, 6.07) is 16.9. The van der Waals surface area contributed by atoms with Crippen molar-refractivity contribution in [1.82, 2.24) is 15.0 Å². The van der Waals surface area contributed by atoms with Crippen molar-refractivity contribution in [2.75, 3.05) is 0 Å². The number of carboxylic acid groups (broad SMARTS) is 1. The molecule has 34 heavy (non-hydrogen) atoms. The number of hydrogen-bond donors (Lipinski definition) is 1. The summed E-state index contributed by atoms with van der Waals surface area (Å²) in [6.07, 6.45) is 5.34. The highest BCUT2D eigenvalue weighted by atomic mass is 16.5. The van der Waals surface area contributed by atoms with Crippen molar-refractivity contribution in [1.29, 1.82) is 0 Å². The maximum absolute atomic E-state index is 11.2. The fourth-order valence-corrected chi connectivity index (χ4v) is 4.71. The Morgan fingerprint density at radius 2 is 1.74 bits per heavy atom. The summed E-state index contributed by atoms with van der Waals surface area (Å²) >= 11 is 0. The fraction of sp³-hybridized carbons (Fsp3) is 0.444. The Hall–Kier alpha value is -3.19. The van der Waals surface area contributed by atoms with Crippen molar-refractivity contribution in [3.63, 3.8) is 0 Å². The van der Waals surface area contributed by atoms with E-state index in [-0.39, 0.29) is 12.0 Å². The Balaban J connectivity index is 1.24. The first kappa shape index (κ1) is 22.6. The third-order valence-electron chi connectivity index (χ3n) is 6.95. The molecule has 2 aliphatic carbocycles. The lowest BCUT2D eigenvalue weighted by molar-refractivity contribution is -0.148. The molecule has 0 atom stereocenters. The molecule has 5 rings (SSSR count). The molecular weight excluding hydrogens is 430 g/mol. The van der Waals surface area contributed by atoms with Gasteiger partial charge < -0.3 is 14.4 Å². The average Bonchev–Trinajstić information content (AvgIpc) is 3.22. The number of ether oxygens (including phenoxy) is 1. The fourth-order valence-electron chi connectivity index (χ4n) is 4.71. The summed E-state index contributed by atoms with van der Waals surface area (Å²) in [5.41, 5.74) is 2.98. The molecule has 7 heteroatoms. The van der Waals surface area contributed by atoms with Crippen LogP contribution in [0.25, 0.3) is 22.8 Å². The van der Waals surface area contributed by atoms with Gasteiger partial charge in [0.25, 0.3) is 5.89 Å². The van der Waals surface area contributed by atoms with E-state index in [1.165, 1.54) is 24.8 Å². The van der Waals surface area contributed by atoms with Crippen LogP contribution < -0.4 is 4.74 Å². The largest absolute Gasteiger partial charge is 0.491 e. The molecule has 0 saturated heterocycles. The maximum atomic E-state index is 11.2. The lowest BCUT2D eigenvalue weighted by atomic mass is 9.77. The van der Waals surface area contributed by atoms with Gasteiger partial charge in [0.1, 0.15) is 5.75 Å². The van der Waals surface area contributed by atoms with E-state index in [1.54, 1.807) is 0 Å². The molecule has 3 aromatic rings. The first-order valence-corrected chi connectivity index (χ1v) is 12.1. The molecule has 0 unspecified atom stereocenters. The summed E-state index contributed by atoms with van der Waals surface area (Å²) in [5.74, 6) is 1.01. The number of aromatic nitrogens is 2. The molecule has 0 aliphatic heterocycles. The van der Waals surface area contributed by atoms with Crippen LogP contribution in [0.5, 0.6) is 5.75 Å². The molecule has 178 valence electrons. The van der Waals surface area contributed by atoms with Crippen molar-refractivity contribution in [3.05, 3.63) is 54.1 Å². The molecule has 1 N–H and O–H groups in total. The van der Waals surface area contributed by atoms with Gasteiger partial charge in [-0.3, -0.25) is 9.69 Å². The van der Waals surface area contributed by atoms with Gasteiger partial charge in [0, 0.05) is 29.8 Å². The maximum Gasteiger partial charge on any atom is 0.306 e. The van der Waals surface area contributed by atoms with Crippen LogP contribution in [0, 0.1) is 5.92 Å². The number of carboxylic acids is 1. The van der Waals surface area contributed by atoms with E-state index in [0.29, 0.717) is 23.8 Å². The summed E-state index contributed by atoms with van der Waals surface area (Å²) in [7, 11) is 0. The Morgan fingerprint density at radius 3 is 2.32 bits per heavy atom. The lowest BCUT2D eigenvalue weighted by Gasteiger charge is -2.48. The summed E-state index contributed by atoms with van der Waals surface area (Å²) in [6.45, 7) is 4.84. The van der Waals surface area contributed by atoms with E-state index in [9.17, 15) is 9.90 Å². The first-order valence-electron chi connectivity index (χ1n) is 12.1. The van der Waals surface area contributed by atoms with Crippen LogP contribution in [0.3, 0.4) is 0 Å². The van der Waals surface area contributed by atoms with Gasteiger partial charge >= 0.3 is 5.97 Å². The zero-order valence-corrected chi connectivity index (χ0v) is 19.7. The van der Waals surface area contributed by atoms with Crippen LogP contribution in [0.1, 0.15) is 51.5 Å². The Morgan fingerprint density at radius 1 is 1.06 bits per heavy atom. The van der Waals surface area contributed by atoms with E-state index in [2.05, 4.69) is 27.2 Å². The summed E-state index contributed by atoms with van der Waals surface area (Å²) in [4.78, 5) is 18.3. The van der Waals surface area contributed by atoms with Gasteiger partial charge in [0.2, 0.25) is 5.82 Å². The van der Waals surface area contributed by atoms with E-state index < -0.39 is 5.97 Å². The quantitative estimate of drug-likeness (QED) is 0.456. The van der Waals surface area contributed by atoms with Crippen LogP contribution >= 0.6 is 0 Å². The van der Waals surface area contributed by atoms with Crippen LogP contribution in [0.15, 0.2) is 53.1 Å². The van der Waals surface area contributed by atoms with E-state index in [0.717, 1.165) is 36.3 Å². The topological polar surface area (TPSA) is 88.7 Å². The van der Waals surface area contributed by atoms with Crippen LogP contribution in [0.2, 0.25) is 0 Å². The lowest BCUT2D eigenvalue weighted by Crippen LogP contribution is -2.52. The predicted octanol–water partition coefficient (Wildman–Crippen LogP) is 5.41. The monoisotopic (exact) mass is 461 g/mol. The molecule has 1 heterocycles. The number of carbonyl (C=O) groups is 1. The third kappa shape index (κ3) is 4.85. The number of rotatable bonds is 9. The molecule has 0 spiro atoms. The minimum Gasteiger partial charge on any atom is -0.491 e. The standard InChI is InChI=1S/C27H31N3O4/c1-17(2)33-24-12-10-20(11-13-24)26-28-25(29-34-26)19-8-6-18(7-9-19)16-30(22-4-3-5-22)23-14-21(15-23)27(31)32/h6-13,17,21-23H,3-5,14-16H2,1-2H3,(H,31,32). The van der Waals surface area contributed by atoms with Crippen molar-refractivity contribution in [2.45, 2.75) is 70.7 Å². The van der Waals surface area contributed by atoms with Crippen LogP contribution in [-0.2, 0) is 11.3 Å². The first-order chi connectivity index (χ1) is 16.5. The molecule has 2 fully saturated rings. The molecule has 7 nitrogen and oxygen atoms in total. The van der Waals surface area contributed by atoms with E-state index in [1.807, 2.05) is 50.2 Å². The Bertz CT molecular complexity index is 1110. The van der Waals surface area contributed by atoms with E-state index in [4.69, 9.17) is 9.26 Å². The zero-order chi connectivity index (χ0) is 23.7. The van der Waals surface area contributed by atoms with E-state index >= 15 is 0 Å². The van der Waals surface area contributed by atoms with Gasteiger partial charge in [-0.2, -0.15) is 4.98 Å². The molecule has 0 radical (unpaired) electrons. The molecule has 2 aliphatic rings. The molecular formula is C27H31N3O4. The van der Waals surface area contributed by atoms with Gasteiger partial charge in [-0.05, 0) is 69.4 Å². The Kier molecular flexibility index (Phi) is 6.37. The minimum atomic E-state index is -0.659. The highest BCUT2D eigenvalue weighted by molar-refractivity contribution is 5.71. The number of hydrogen-bond acceptors (Lipinski definition) is 6. The van der Waals surface area contributed by atoms with Crippen LogP contribution in [0.4, 0.5) is 0 Å². The second-order valence-electron chi connectivity index (χ2n) is 9.73. The second-order valence-corrected chi connectivity index (χ2v) is 9.73. The van der Waals surface area contributed by atoms with Gasteiger partial charge in [0.05, 0.1) is 12.0 Å². The number of nitrogens with zero attached hydrogens (tertiary/aromatic N) is 3. The molecule has 0 amide bonds. The normalized spacial score (nSPS) is 20.2. The van der Waals surface area contributed by atoms with Gasteiger partial charge in [0.15, 0.2) is 0 Å². The SMILES string of the molecule is CC(C)Oc1ccc(-c2nc(-c3ccc(CN(C4CCC4)C4CC(C(=O)O)C4)cc3)no2)cc1. The van der Waals surface area contributed by atoms with Crippen molar-refractivity contribution in [3.8, 4) is 28.6 Å². The smallest absolute Gasteiger partial charge is 0.306 e. The minimum absolute atomic E-state index is 0.125. The Labute approximate surface area is 199 Å². The molecule has 0 bridgehead atoms. The average molecular weight is 462 g/mol. The highest BCUT2D eigenvalue weighted by Gasteiger charge is 2.41. The summed E-state index contributed by atoms with van der Waals surface area (Å²) < 4.78 is 11.2. The number of benzene rings is 2. The van der Waals surface area contributed by atoms with Crippen molar-refractivity contribution < 1.29 is 19.2 Å². The molecule has 2 aromatic carbocycles. The van der Waals surface area contributed by atoms with Gasteiger partial charge in [-0.15, -0.1) is 0 Å². The second kappa shape index (κ2) is 9.58. The predicted molar refractivity (Wildman–Crippen MR) is 128 cm³/mol. The van der Waals surface area contributed by atoms with Crippen molar-refractivity contribution >= 4 is 5.97 Å². The van der Waals surface area contributed by atoms with Crippen molar-refractivity contribution in [2.24, 2.45) is 5.92 Å². The molecule has 2 saturated carbocycles. The van der Waals surface area contributed by atoms with Gasteiger partial charge in [-0.25, -0.2) is 0 Å². The third-order valence-corrected chi connectivity index (χ3v) is 6.95. The highest BCUT2D eigenvalue weighted by Crippen LogP contribution is 2.38. The van der Waals surface area contributed by atoms with Crippen LogP contribution in [-0.4, -0.2) is 44.3 Å². The number of aliphatic carboxylic acids is 1. The summed E-state index contributed by atoms with van der Waals surface area (Å²) in [5, 5.41) is 13.4.